The fraction of sp³-hybridized carbons (Fsp3) is 0.389. The van der Waals surface area contributed by atoms with E-state index in [4.69, 9.17) is 21.1 Å². The van der Waals surface area contributed by atoms with Crippen LogP contribution in [0.2, 0.25) is 5.02 Å². The Hall–Kier alpha value is -2.12. The minimum atomic E-state index is -0.627. The Balaban J connectivity index is 1.85. The van der Waals surface area contributed by atoms with Gasteiger partial charge in [0, 0.05) is 10.4 Å². The van der Waals surface area contributed by atoms with Crippen molar-refractivity contribution < 1.29 is 19.1 Å². The number of aromatic nitrogens is 1. The van der Waals surface area contributed by atoms with Gasteiger partial charge >= 0.3 is 5.97 Å². The van der Waals surface area contributed by atoms with Crippen LogP contribution in [0.3, 0.4) is 0 Å². The molecule has 0 saturated carbocycles. The third-order valence-corrected chi connectivity index (χ3v) is 4.77. The van der Waals surface area contributed by atoms with Crippen LogP contribution in [0.5, 0.6) is 5.75 Å². The lowest BCUT2D eigenvalue weighted by atomic mass is 10.0. The van der Waals surface area contributed by atoms with E-state index in [2.05, 4.69) is 10.3 Å². The number of anilines is 1. The van der Waals surface area contributed by atoms with Crippen LogP contribution in [0.25, 0.3) is 0 Å². The Bertz CT molecular complexity index is 804. The van der Waals surface area contributed by atoms with Gasteiger partial charge in [-0.1, -0.05) is 25.4 Å². The second-order valence-corrected chi connectivity index (χ2v) is 7.35. The second kappa shape index (κ2) is 9.00. The molecule has 1 heterocycles. The highest BCUT2D eigenvalue weighted by molar-refractivity contribution is 7.13. The van der Waals surface area contributed by atoms with Crippen LogP contribution in [0.15, 0.2) is 17.5 Å². The quantitative estimate of drug-likeness (QED) is 0.713. The molecule has 6 nitrogen and oxygen atoms in total. The first-order valence-corrected chi connectivity index (χ1v) is 9.32. The van der Waals surface area contributed by atoms with Crippen molar-refractivity contribution in [1.29, 1.82) is 0 Å². The fourth-order valence-corrected chi connectivity index (χ4v) is 3.01. The highest BCUT2D eigenvalue weighted by Crippen LogP contribution is 2.32. The van der Waals surface area contributed by atoms with Crippen LogP contribution in [-0.2, 0) is 14.3 Å². The number of halogens is 1. The predicted molar refractivity (Wildman–Crippen MR) is 102 cm³/mol. The van der Waals surface area contributed by atoms with Crippen molar-refractivity contribution in [2.24, 2.45) is 0 Å². The summed E-state index contributed by atoms with van der Waals surface area (Å²) in [5, 5.41) is 5.50. The highest BCUT2D eigenvalue weighted by atomic mass is 35.5. The van der Waals surface area contributed by atoms with Crippen molar-refractivity contribution in [2.75, 3.05) is 18.5 Å². The number of carbonyl (C=O) groups is 2. The number of esters is 1. The second-order valence-electron chi connectivity index (χ2n) is 6.09. The maximum absolute atomic E-state index is 11.8. The minimum Gasteiger partial charge on any atom is -0.482 e. The molecule has 0 atom stereocenters. The average Bonchev–Trinajstić information content (AvgIpc) is 2.98. The topological polar surface area (TPSA) is 77.5 Å². The number of amides is 1. The van der Waals surface area contributed by atoms with E-state index in [1.807, 2.05) is 39.1 Å². The molecule has 1 amide bonds. The number of ether oxygens (including phenoxy) is 2. The van der Waals surface area contributed by atoms with Crippen LogP contribution in [0.4, 0.5) is 5.13 Å². The van der Waals surface area contributed by atoms with E-state index in [-0.39, 0.29) is 12.5 Å². The molecule has 0 saturated heterocycles. The first-order chi connectivity index (χ1) is 12.3. The van der Waals surface area contributed by atoms with E-state index in [0.29, 0.717) is 15.9 Å². The molecule has 0 aliphatic rings. The highest BCUT2D eigenvalue weighted by Gasteiger charge is 2.14. The minimum absolute atomic E-state index is 0.187. The zero-order valence-electron chi connectivity index (χ0n) is 15.1. The summed E-state index contributed by atoms with van der Waals surface area (Å²) < 4.78 is 10.5. The summed E-state index contributed by atoms with van der Waals surface area (Å²) in [6.07, 6.45) is 0. The molecule has 2 aromatic rings. The van der Waals surface area contributed by atoms with Crippen LogP contribution < -0.4 is 10.1 Å². The Morgan fingerprint density at radius 3 is 2.62 bits per heavy atom. The van der Waals surface area contributed by atoms with Crippen LogP contribution >= 0.6 is 22.9 Å². The van der Waals surface area contributed by atoms with E-state index in [1.165, 1.54) is 11.3 Å². The van der Waals surface area contributed by atoms with E-state index in [1.54, 1.807) is 6.07 Å². The van der Waals surface area contributed by atoms with Gasteiger partial charge in [0.2, 0.25) is 0 Å². The first kappa shape index (κ1) is 20.2. The van der Waals surface area contributed by atoms with Crippen molar-refractivity contribution in [2.45, 2.75) is 33.6 Å². The summed E-state index contributed by atoms with van der Waals surface area (Å²) in [6, 6.07) is 3.63. The molecule has 0 unspecified atom stereocenters. The number of aryl methyl sites for hydroxylation is 2. The van der Waals surface area contributed by atoms with Gasteiger partial charge in [-0.05, 0) is 43.0 Å². The van der Waals surface area contributed by atoms with Crippen LogP contribution in [0.1, 0.15) is 36.6 Å². The van der Waals surface area contributed by atoms with Gasteiger partial charge in [0.25, 0.3) is 5.91 Å². The van der Waals surface area contributed by atoms with Crippen molar-refractivity contribution in [3.8, 4) is 5.75 Å². The summed E-state index contributed by atoms with van der Waals surface area (Å²) >= 11 is 7.46. The summed E-state index contributed by atoms with van der Waals surface area (Å²) in [6.45, 7) is 7.03. The van der Waals surface area contributed by atoms with Gasteiger partial charge in [0.1, 0.15) is 5.75 Å². The van der Waals surface area contributed by atoms with Gasteiger partial charge in [-0.15, -0.1) is 11.3 Å². The number of thiazole rings is 1. The molecule has 0 bridgehead atoms. The molecule has 140 valence electrons. The molecule has 0 fully saturated rings. The van der Waals surface area contributed by atoms with E-state index < -0.39 is 18.5 Å². The molecular formula is C18H21ClN2O4S. The number of carbonyl (C=O) groups excluding carboxylic acids is 2. The number of nitrogens with one attached hydrogen (secondary N) is 1. The molecule has 0 spiro atoms. The van der Waals surface area contributed by atoms with Crippen molar-refractivity contribution >= 4 is 39.9 Å². The zero-order chi connectivity index (χ0) is 19.3. The van der Waals surface area contributed by atoms with E-state index in [9.17, 15) is 9.59 Å². The molecule has 1 N–H and O–H groups in total. The number of rotatable bonds is 7. The Morgan fingerprint density at radius 1 is 1.27 bits per heavy atom. The largest absolute Gasteiger partial charge is 0.482 e. The third kappa shape index (κ3) is 5.71. The lowest BCUT2D eigenvalue weighted by Crippen LogP contribution is -2.23. The number of nitrogens with zero attached hydrogens (tertiary/aromatic N) is 1. The fourth-order valence-electron chi connectivity index (χ4n) is 2.14. The van der Waals surface area contributed by atoms with E-state index in [0.717, 1.165) is 16.8 Å². The molecular weight excluding hydrogens is 376 g/mol. The maximum Gasteiger partial charge on any atom is 0.344 e. The lowest BCUT2D eigenvalue weighted by molar-refractivity contribution is -0.149. The number of benzene rings is 1. The molecule has 1 aromatic carbocycles. The maximum atomic E-state index is 11.8. The predicted octanol–water partition coefficient (Wildman–Crippen LogP) is 4.10. The Labute approximate surface area is 161 Å². The summed E-state index contributed by atoms with van der Waals surface area (Å²) in [5.41, 5.74) is 2.58. The van der Waals surface area contributed by atoms with Gasteiger partial charge in [0.05, 0.1) is 5.69 Å². The zero-order valence-corrected chi connectivity index (χ0v) is 16.7. The smallest absolute Gasteiger partial charge is 0.344 e. The molecule has 0 aliphatic carbocycles. The van der Waals surface area contributed by atoms with Crippen LogP contribution in [0, 0.1) is 13.8 Å². The van der Waals surface area contributed by atoms with Gasteiger partial charge in [0.15, 0.2) is 18.3 Å². The van der Waals surface area contributed by atoms with Crippen molar-refractivity contribution in [3.63, 3.8) is 0 Å². The monoisotopic (exact) mass is 396 g/mol. The van der Waals surface area contributed by atoms with E-state index >= 15 is 0 Å². The number of hydrogen-bond acceptors (Lipinski definition) is 6. The lowest BCUT2D eigenvalue weighted by Gasteiger charge is -2.15. The normalized spacial score (nSPS) is 10.7. The van der Waals surface area contributed by atoms with Gasteiger partial charge in [-0.25, -0.2) is 9.78 Å². The molecule has 8 heteroatoms. The molecule has 0 radical (unpaired) electrons. The summed E-state index contributed by atoms with van der Waals surface area (Å²) in [5.74, 6) is -0.302. The third-order valence-electron chi connectivity index (χ3n) is 3.49. The van der Waals surface area contributed by atoms with Crippen LogP contribution in [-0.4, -0.2) is 30.1 Å². The number of hydrogen-bond donors (Lipinski definition) is 1. The standard InChI is InChI=1S/C18H21ClN2O4S/c1-10(2)13-6-14(19)11(3)5-15(13)24-8-17(23)25-7-16(22)21-18-20-12(4)9-26-18/h5-6,9-10H,7-8H2,1-4H3,(H,20,21,22). The molecule has 0 aliphatic heterocycles. The molecule has 2 rings (SSSR count). The average molecular weight is 397 g/mol. The van der Waals surface area contributed by atoms with Gasteiger partial charge in [-0.3, -0.25) is 10.1 Å². The van der Waals surface area contributed by atoms with Crippen molar-refractivity contribution in [1.82, 2.24) is 4.98 Å². The first-order valence-electron chi connectivity index (χ1n) is 8.06. The van der Waals surface area contributed by atoms with Gasteiger partial charge < -0.3 is 9.47 Å². The Morgan fingerprint density at radius 2 is 2.00 bits per heavy atom. The molecule has 26 heavy (non-hydrogen) atoms. The SMILES string of the molecule is Cc1csc(NC(=O)COC(=O)COc2cc(C)c(Cl)cc2C(C)C)n1. The molecule has 1 aromatic heterocycles. The summed E-state index contributed by atoms with van der Waals surface area (Å²) in [4.78, 5) is 27.7. The van der Waals surface area contributed by atoms with Crippen molar-refractivity contribution in [3.05, 3.63) is 39.4 Å². The Kier molecular flexibility index (Phi) is 6.99. The summed E-state index contributed by atoms with van der Waals surface area (Å²) in [7, 11) is 0. The van der Waals surface area contributed by atoms with Gasteiger partial charge in [-0.2, -0.15) is 0 Å².